The maximum absolute atomic E-state index is 11.5. The number of carboxylic acids is 1. The topological polar surface area (TPSA) is 130 Å². The van der Waals surface area contributed by atoms with Crippen LogP contribution in [0.5, 0.6) is 5.75 Å². The van der Waals surface area contributed by atoms with E-state index in [0.717, 1.165) is 11.1 Å². The van der Waals surface area contributed by atoms with Gasteiger partial charge in [-0.15, -0.1) is 0 Å². The Morgan fingerprint density at radius 1 is 1.31 bits per heavy atom. The number of aromatic nitrogens is 5. The molecule has 3 heterocycles. The van der Waals surface area contributed by atoms with Gasteiger partial charge in [0.2, 0.25) is 0 Å². The average molecular weight is 454 g/mol. The van der Waals surface area contributed by atoms with Crippen LogP contribution < -0.4 is 15.5 Å². The lowest BCUT2D eigenvalue weighted by Gasteiger charge is -2.22. The van der Waals surface area contributed by atoms with Crippen LogP contribution in [0.25, 0.3) is 22.2 Å². The van der Waals surface area contributed by atoms with Gasteiger partial charge < -0.3 is 15.6 Å². The van der Waals surface area contributed by atoms with Crippen LogP contribution in [0.3, 0.4) is 0 Å². The number of carbonyl (C=O) groups is 1. The number of nitrogen functional groups attached to an aromatic ring is 1. The smallest absolute Gasteiger partial charge is 0.401 e. The van der Waals surface area contributed by atoms with Crippen molar-refractivity contribution >= 4 is 34.4 Å². The Kier molecular flexibility index (Phi) is 5.43. The van der Waals surface area contributed by atoms with Crippen molar-refractivity contribution in [2.24, 2.45) is 0 Å². The molecule has 4 aromatic rings. The molecule has 0 bridgehead atoms. The summed E-state index contributed by atoms with van der Waals surface area (Å²) < 4.78 is 7.60. The largest absolute Gasteiger partial charge is 0.496 e. The first-order chi connectivity index (χ1) is 15.2. The lowest BCUT2D eigenvalue weighted by molar-refractivity contribution is -0.383. The normalized spacial score (nSPS) is 12.2. The number of H-pyrrole nitrogens is 1. The molecule has 0 spiro atoms. The number of anilines is 1. The molecule has 4 N–H and O–H groups in total. The zero-order valence-corrected chi connectivity index (χ0v) is 18.7. The molecule has 32 heavy (non-hydrogen) atoms. The first kappa shape index (κ1) is 21.5. The SMILES string of the molecule is COc1c(C(C)n2nc(C)c3c(N)ncnc32)cc(Cl)c(C)c1-c1cc[nH+]c(C(=O)O)c1. The molecular formula is C22H22ClN6O3+. The first-order valence-electron chi connectivity index (χ1n) is 9.82. The fraction of sp³-hybridized carbons (Fsp3) is 0.227. The van der Waals surface area contributed by atoms with E-state index in [-0.39, 0.29) is 11.7 Å². The average Bonchev–Trinajstić information content (AvgIpc) is 3.12. The summed E-state index contributed by atoms with van der Waals surface area (Å²) in [6, 6.07) is 4.86. The van der Waals surface area contributed by atoms with Gasteiger partial charge in [0.05, 0.1) is 24.2 Å². The van der Waals surface area contributed by atoms with E-state index in [1.54, 1.807) is 30.1 Å². The second kappa shape index (κ2) is 8.08. The Morgan fingerprint density at radius 3 is 2.75 bits per heavy atom. The molecule has 0 aliphatic rings. The zero-order valence-electron chi connectivity index (χ0n) is 18.0. The number of hydrogen-bond donors (Lipinski definition) is 2. The molecule has 3 aromatic heterocycles. The third-order valence-corrected chi connectivity index (χ3v) is 5.93. The number of methoxy groups -OCH3 is 1. The second-order valence-electron chi connectivity index (χ2n) is 7.44. The van der Waals surface area contributed by atoms with E-state index < -0.39 is 5.97 Å². The number of aromatic carboxylic acids is 1. The number of aromatic amines is 1. The van der Waals surface area contributed by atoms with Gasteiger partial charge in [0.25, 0.3) is 5.69 Å². The summed E-state index contributed by atoms with van der Waals surface area (Å²) in [4.78, 5) is 22.7. The molecule has 1 unspecified atom stereocenters. The molecule has 1 aromatic carbocycles. The minimum absolute atomic E-state index is 0.0550. The van der Waals surface area contributed by atoms with Crippen molar-refractivity contribution in [3.05, 3.63) is 58.3 Å². The highest BCUT2D eigenvalue weighted by Crippen LogP contribution is 2.43. The molecule has 0 saturated heterocycles. The number of hydrogen-bond acceptors (Lipinski definition) is 6. The molecule has 0 saturated carbocycles. The first-order valence-corrected chi connectivity index (χ1v) is 10.2. The Morgan fingerprint density at radius 2 is 2.06 bits per heavy atom. The maximum Gasteiger partial charge on any atom is 0.401 e. The number of benzene rings is 1. The molecule has 0 amide bonds. The second-order valence-corrected chi connectivity index (χ2v) is 7.85. The van der Waals surface area contributed by atoms with E-state index >= 15 is 0 Å². The Bertz CT molecular complexity index is 1370. The van der Waals surface area contributed by atoms with Crippen molar-refractivity contribution in [2.45, 2.75) is 26.8 Å². The molecule has 9 nitrogen and oxygen atoms in total. The Hall–Kier alpha value is -3.72. The summed E-state index contributed by atoms with van der Waals surface area (Å²) >= 11 is 6.63. The van der Waals surface area contributed by atoms with Gasteiger partial charge in [-0.25, -0.2) is 24.4 Å². The predicted molar refractivity (Wildman–Crippen MR) is 120 cm³/mol. The van der Waals surface area contributed by atoms with E-state index in [1.165, 1.54) is 6.33 Å². The molecule has 0 fully saturated rings. The standard InChI is InChI=1S/C22H21ClN6O3/c1-10-15(23)8-14(12(3)29-21-18(11(2)28-29)20(24)26-9-27-21)19(32-4)17(10)13-5-6-25-16(7-13)22(30)31/h5-9,12H,1-4H3,(H,30,31)(H2,24,26,27)/p+1. The van der Waals surface area contributed by atoms with Crippen LogP contribution in [-0.4, -0.2) is 37.9 Å². The van der Waals surface area contributed by atoms with Gasteiger partial charge >= 0.3 is 5.97 Å². The van der Waals surface area contributed by atoms with Gasteiger partial charge in [-0.05, 0) is 38.0 Å². The van der Waals surface area contributed by atoms with Crippen LogP contribution in [-0.2, 0) is 0 Å². The molecule has 0 aliphatic carbocycles. The van der Waals surface area contributed by atoms with Crippen LogP contribution in [0.15, 0.2) is 30.7 Å². The number of aryl methyl sites for hydroxylation is 1. The quantitative estimate of drug-likeness (QED) is 0.473. The molecule has 10 heteroatoms. The molecule has 0 aliphatic heterocycles. The fourth-order valence-corrected chi connectivity index (χ4v) is 4.15. The van der Waals surface area contributed by atoms with Gasteiger partial charge in [-0.3, -0.25) is 0 Å². The van der Waals surface area contributed by atoms with Crippen LogP contribution in [0, 0.1) is 13.8 Å². The maximum atomic E-state index is 11.5. The van der Waals surface area contributed by atoms with Gasteiger partial charge in [-0.1, -0.05) is 11.6 Å². The molecule has 1 atom stereocenters. The van der Waals surface area contributed by atoms with Gasteiger partial charge in [-0.2, -0.15) is 5.10 Å². The number of rotatable bonds is 5. The highest BCUT2D eigenvalue weighted by Gasteiger charge is 2.26. The van der Waals surface area contributed by atoms with Crippen molar-refractivity contribution in [2.75, 3.05) is 12.8 Å². The Balaban J connectivity index is 1.96. The number of pyridine rings is 1. The number of halogens is 1. The third kappa shape index (κ3) is 3.40. The van der Waals surface area contributed by atoms with E-state index in [9.17, 15) is 9.90 Å². The minimum atomic E-state index is -1.06. The zero-order chi connectivity index (χ0) is 23.2. The summed E-state index contributed by atoms with van der Waals surface area (Å²) in [6.45, 7) is 5.68. The van der Waals surface area contributed by atoms with Crippen molar-refractivity contribution in [3.8, 4) is 16.9 Å². The summed E-state index contributed by atoms with van der Waals surface area (Å²) in [5.74, 6) is -0.123. The fourth-order valence-electron chi connectivity index (χ4n) is 3.94. The van der Waals surface area contributed by atoms with Crippen molar-refractivity contribution in [1.82, 2.24) is 19.7 Å². The number of nitrogens with two attached hydrogens (primary N) is 1. The summed E-state index contributed by atoms with van der Waals surface area (Å²) in [7, 11) is 1.57. The van der Waals surface area contributed by atoms with E-state index in [4.69, 9.17) is 22.1 Å². The number of nitrogens with zero attached hydrogens (tertiary/aromatic N) is 4. The predicted octanol–water partition coefficient (Wildman–Crippen LogP) is 3.48. The van der Waals surface area contributed by atoms with Crippen LogP contribution in [0.4, 0.5) is 5.82 Å². The van der Waals surface area contributed by atoms with Gasteiger partial charge in [0.1, 0.15) is 17.9 Å². The number of nitrogens with one attached hydrogen (secondary N) is 1. The van der Waals surface area contributed by atoms with Crippen molar-refractivity contribution in [3.63, 3.8) is 0 Å². The number of fused-ring (bicyclic) bond motifs is 1. The molecule has 0 radical (unpaired) electrons. The highest BCUT2D eigenvalue weighted by molar-refractivity contribution is 6.32. The molecule has 164 valence electrons. The minimum Gasteiger partial charge on any atom is -0.496 e. The van der Waals surface area contributed by atoms with E-state index in [1.807, 2.05) is 26.8 Å². The molecule has 4 rings (SSSR count). The van der Waals surface area contributed by atoms with E-state index in [0.29, 0.717) is 44.4 Å². The lowest BCUT2D eigenvalue weighted by atomic mass is 9.94. The van der Waals surface area contributed by atoms with Crippen LogP contribution in [0.2, 0.25) is 5.02 Å². The van der Waals surface area contributed by atoms with Crippen molar-refractivity contribution in [1.29, 1.82) is 0 Å². The Labute approximate surface area is 188 Å². The van der Waals surface area contributed by atoms with E-state index in [2.05, 4.69) is 20.1 Å². The lowest BCUT2D eigenvalue weighted by Crippen LogP contribution is -2.16. The third-order valence-electron chi connectivity index (χ3n) is 5.54. The number of carboxylic acid groups (broad SMARTS) is 1. The van der Waals surface area contributed by atoms with Crippen LogP contribution >= 0.6 is 11.6 Å². The monoisotopic (exact) mass is 453 g/mol. The van der Waals surface area contributed by atoms with Crippen LogP contribution in [0.1, 0.15) is 40.3 Å². The molecular weight excluding hydrogens is 432 g/mol. The highest BCUT2D eigenvalue weighted by atomic mass is 35.5. The number of ether oxygens (including phenoxy) is 1. The summed E-state index contributed by atoms with van der Waals surface area (Å²) in [5.41, 5.74) is 10.3. The van der Waals surface area contributed by atoms with Gasteiger partial charge in [0.15, 0.2) is 11.8 Å². The summed E-state index contributed by atoms with van der Waals surface area (Å²) in [6.07, 6.45) is 2.98. The van der Waals surface area contributed by atoms with Crippen molar-refractivity contribution < 1.29 is 19.6 Å². The van der Waals surface area contributed by atoms with Gasteiger partial charge in [0, 0.05) is 28.3 Å². The summed E-state index contributed by atoms with van der Waals surface area (Å²) in [5, 5.41) is 15.3.